The molecule has 1 spiro atoms. The van der Waals surface area contributed by atoms with Crippen LogP contribution in [-0.2, 0) is 9.47 Å². The molecule has 0 aromatic heterocycles. The van der Waals surface area contributed by atoms with Crippen LogP contribution in [0.25, 0.3) is 0 Å². The van der Waals surface area contributed by atoms with Crippen LogP contribution in [0.3, 0.4) is 0 Å². The third kappa shape index (κ3) is 3.52. The lowest BCUT2D eigenvalue weighted by Gasteiger charge is -2.48. The largest absolute Gasteiger partial charge is 0.350 e. The fourth-order valence-corrected chi connectivity index (χ4v) is 3.31. The summed E-state index contributed by atoms with van der Waals surface area (Å²) >= 11 is 0. The first-order valence-electron chi connectivity index (χ1n) is 7.90. The van der Waals surface area contributed by atoms with Crippen molar-refractivity contribution < 1.29 is 9.47 Å². The highest BCUT2D eigenvalue weighted by Crippen LogP contribution is 2.45. The predicted octanol–water partition coefficient (Wildman–Crippen LogP) is 4.63. The molecular weight excluding hydrogens is 236 g/mol. The SMILES string of the molecule is CC(C)(C)C1CCC2(CC1)OCC(C(C)(C)C)CO2. The standard InChI is InChI=1S/C17H32O2/c1-15(2,3)13-7-9-17(10-8-13)18-11-14(12-19-17)16(4,5)6/h13-14H,7-12H2,1-6H3. The third-order valence-corrected chi connectivity index (χ3v) is 5.29. The van der Waals surface area contributed by atoms with Gasteiger partial charge in [0, 0.05) is 18.8 Å². The summed E-state index contributed by atoms with van der Waals surface area (Å²) in [5.41, 5.74) is 0.703. The lowest BCUT2D eigenvalue weighted by Crippen LogP contribution is -2.49. The van der Waals surface area contributed by atoms with Crippen LogP contribution in [0, 0.1) is 22.7 Å². The number of hydrogen-bond donors (Lipinski definition) is 0. The summed E-state index contributed by atoms with van der Waals surface area (Å²) in [6, 6.07) is 0. The van der Waals surface area contributed by atoms with Gasteiger partial charge in [-0.15, -0.1) is 0 Å². The van der Waals surface area contributed by atoms with Crippen molar-refractivity contribution in [2.24, 2.45) is 22.7 Å². The Labute approximate surface area is 119 Å². The number of rotatable bonds is 0. The predicted molar refractivity (Wildman–Crippen MR) is 79.0 cm³/mol. The van der Waals surface area contributed by atoms with E-state index in [0.717, 1.165) is 32.0 Å². The van der Waals surface area contributed by atoms with E-state index in [0.29, 0.717) is 11.3 Å². The topological polar surface area (TPSA) is 18.5 Å². The van der Waals surface area contributed by atoms with Gasteiger partial charge < -0.3 is 9.47 Å². The second kappa shape index (κ2) is 5.04. The van der Waals surface area contributed by atoms with Crippen LogP contribution in [0.4, 0.5) is 0 Å². The first-order valence-corrected chi connectivity index (χ1v) is 7.90. The molecule has 0 unspecified atom stereocenters. The maximum Gasteiger partial charge on any atom is 0.168 e. The van der Waals surface area contributed by atoms with Gasteiger partial charge in [-0.05, 0) is 29.6 Å². The first kappa shape index (κ1) is 15.3. The summed E-state index contributed by atoms with van der Waals surface area (Å²) in [5, 5.41) is 0. The van der Waals surface area contributed by atoms with Crippen molar-refractivity contribution in [2.45, 2.75) is 73.0 Å². The van der Waals surface area contributed by atoms with Crippen LogP contribution in [0.15, 0.2) is 0 Å². The molecule has 112 valence electrons. The van der Waals surface area contributed by atoms with Gasteiger partial charge >= 0.3 is 0 Å². The summed E-state index contributed by atoms with van der Waals surface area (Å²) in [4.78, 5) is 0. The van der Waals surface area contributed by atoms with E-state index in [1.807, 2.05) is 0 Å². The summed E-state index contributed by atoms with van der Waals surface area (Å²) in [5.74, 6) is 1.09. The summed E-state index contributed by atoms with van der Waals surface area (Å²) in [7, 11) is 0. The van der Waals surface area contributed by atoms with Gasteiger partial charge in [-0.25, -0.2) is 0 Å². The van der Waals surface area contributed by atoms with E-state index in [1.54, 1.807) is 0 Å². The normalized spacial score (nSPS) is 37.6. The van der Waals surface area contributed by atoms with Gasteiger partial charge in [0.2, 0.25) is 0 Å². The Morgan fingerprint density at radius 1 is 0.737 bits per heavy atom. The minimum absolute atomic E-state index is 0.247. The Morgan fingerprint density at radius 3 is 1.53 bits per heavy atom. The van der Waals surface area contributed by atoms with Crippen LogP contribution in [0.2, 0.25) is 0 Å². The highest BCUT2D eigenvalue weighted by Gasteiger charge is 2.44. The van der Waals surface area contributed by atoms with Crippen molar-refractivity contribution in [1.82, 2.24) is 0 Å². The monoisotopic (exact) mass is 268 g/mol. The second-order valence-electron chi connectivity index (χ2n) is 8.74. The Hall–Kier alpha value is -0.0800. The molecular formula is C17H32O2. The zero-order valence-electron chi connectivity index (χ0n) is 13.7. The summed E-state index contributed by atoms with van der Waals surface area (Å²) in [6.07, 6.45) is 4.63. The Bertz CT molecular complexity index is 257. The molecule has 0 radical (unpaired) electrons. The molecule has 19 heavy (non-hydrogen) atoms. The van der Waals surface area contributed by atoms with E-state index >= 15 is 0 Å². The fraction of sp³-hybridized carbons (Fsp3) is 1.00. The van der Waals surface area contributed by atoms with Crippen LogP contribution in [0.1, 0.15) is 67.2 Å². The Balaban J connectivity index is 1.88. The van der Waals surface area contributed by atoms with E-state index in [1.165, 1.54) is 12.8 Å². The van der Waals surface area contributed by atoms with E-state index < -0.39 is 0 Å². The molecule has 2 aliphatic rings. The minimum atomic E-state index is -0.247. The van der Waals surface area contributed by atoms with Crippen molar-refractivity contribution >= 4 is 0 Å². The van der Waals surface area contributed by atoms with Crippen molar-refractivity contribution in [3.63, 3.8) is 0 Å². The van der Waals surface area contributed by atoms with Gasteiger partial charge in [-0.2, -0.15) is 0 Å². The van der Waals surface area contributed by atoms with Gasteiger partial charge in [-0.1, -0.05) is 41.5 Å². The maximum absolute atomic E-state index is 6.18. The van der Waals surface area contributed by atoms with E-state index in [9.17, 15) is 0 Å². The molecule has 1 aliphatic heterocycles. The van der Waals surface area contributed by atoms with E-state index in [2.05, 4.69) is 41.5 Å². The van der Waals surface area contributed by atoms with Crippen molar-refractivity contribution in [1.29, 1.82) is 0 Å². The van der Waals surface area contributed by atoms with Crippen LogP contribution in [0.5, 0.6) is 0 Å². The smallest absolute Gasteiger partial charge is 0.168 e. The fourth-order valence-electron chi connectivity index (χ4n) is 3.31. The Kier molecular flexibility index (Phi) is 4.06. The first-order chi connectivity index (χ1) is 8.62. The number of ether oxygens (including phenoxy) is 2. The molecule has 2 rings (SSSR count). The van der Waals surface area contributed by atoms with Crippen LogP contribution < -0.4 is 0 Å². The quantitative estimate of drug-likeness (QED) is 0.638. The molecule has 1 saturated carbocycles. The molecule has 0 amide bonds. The zero-order valence-corrected chi connectivity index (χ0v) is 13.7. The van der Waals surface area contributed by atoms with Crippen LogP contribution >= 0.6 is 0 Å². The average molecular weight is 268 g/mol. The average Bonchev–Trinajstić information content (AvgIpc) is 2.27. The second-order valence-corrected chi connectivity index (χ2v) is 8.74. The molecule has 2 heteroatoms. The lowest BCUT2D eigenvalue weighted by molar-refractivity contribution is -0.308. The van der Waals surface area contributed by atoms with Gasteiger partial charge in [0.05, 0.1) is 13.2 Å². The molecule has 2 nitrogen and oxygen atoms in total. The molecule has 1 aliphatic carbocycles. The lowest BCUT2D eigenvalue weighted by atomic mass is 9.70. The molecule has 0 N–H and O–H groups in total. The molecule has 2 fully saturated rings. The van der Waals surface area contributed by atoms with Crippen molar-refractivity contribution in [2.75, 3.05) is 13.2 Å². The highest BCUT2D eigenvalue weighted by molar-refractivity contribution is 4.88. The Morgan fingerprint density at radius 2 is 1.16 bits per heavy atom. The van der Waals surface area contributed by atoms with Gasteiger partial charge in [0.1, 0.15) is 0 Å². The maximum atomic E-state index is 6.18. The van der Waals surface area contributed by atoms with Gasteiger partial charge in [-0.3, -0.25) is 0 Å². The molecule has 1 saturated heterocycles. The number of hydrogen-bond acceptors (Lipinski definition) is 2. The van der Waals surface area contributed by atoms with Crippen molar-refractivity contribution in [3.05, 3.63) is 0 Å². The molecule has 0 atom stereocenters. The van der Waals surface area contributed by atoms with Crippen LogP contribution in [-0.4, -0.2) is 19.0 Å². The minimum Gasteiger partial charge on any atom is -0.350 e. The van der Waals surface area contributed by atoms with E-state index in [4.69, 9.17) is 9.47 Å². The van der Waals surface area contributed by atoms with Crippen molar-refractivity contribution in [3.8, 4) is 0 Å². The summed E-state index contributed by atoms with van der Waals surface area (Å²) in [6.45, 7) is 15.6. The van der Waals surface area contributed by atoms with E-state index in [-0.39, 0.29) is 11.2 Å². The summed E-state index contributed by atoms with van der Waals surface area (Å²) < 4.78 is 12.4. The molecule has 0 aromatic carbocycles. The van der Waals surface area contributed by atoms with Gasteiger partial charge in [0.15, 0.2) is 5.79 Å². The molecule has 0 aromatic rings. The highest BCUT2D eigenvalue weighted by atomic mass is 16.7. The third-order valence-electron chi connectivity index (χ3n) is 5.29. The molecule has 1 heterocycles. The molecule has 0 bridgehead atoms. The zero-order chi connectivity index (χ0) is 14.3. The van der Waals surface area contributed by atoms with Gasteiger partial charge in [0.25, 0.3) is 0 Å².